The Morgan fingerprint density at radius 1 is 0.963 bits per heavy atom. The lowest BCUT2D eigenvalue weighted by molar-refractivity contribution is -0.122. The second-order valence-corrected chi connectivity index (χ2v) is 6.41. The summed E-state index contributed by atoms with van der Waals surface area (Å²) in [5, 5.41) is 5.56. The lowest BCUT2D eigenvalue weighted by Gasteiger charge is -2.22. The minimum absolute atomic E-state index is 0.00348. The van der Waals surface area contributed by atoms with Crippen molar-refractivity contribution >= 4 is 23.4 Å². The normalized spacial score (nSPS) is 10.4. The SMILES string of the molecule is CCN(CC(=O)NC(C)C)C(=O)c1ccccc1NC(=O)c1ccccc1. The number of amides is 3. The van der Waals surface area contributed by atoms with Crippen molar-refractivity contribution in [3.8, 4) is 0 Å². The average molecular weight is 367 g/mol. The predicted molar refractivity (Wildman–Crippen MR) is 106 cm³/mol. The summed E-state index contributed by atoms with van der Waals surface area (Å²) in [7, 11) is 0. The summed E-state index contributed by atoms with van der Waals surface area (Å²) >= 11 is 0. The van der Waals surface area contributed by atoms with Crippen molar-refractivity contribution < 1.29 is 14.4 Å². The van der Waals surface area contributed by atoms with Gasteiger partial charge in [-0.1, -0.05) is 30.3 Å². The van der Waals surface area contributed by atoms with Crippen LogP contribution in [0.15, 0.2) is 54.6 Å². The molecule has 0 aliphatic heterocycles. The number of rotatable bonds is 7. The summed E-state index contributed by atoms with van der Waals surface area (Å²) in [5.41, 5.74) is 1.27. The van der Waals surface area contributed by atoms with Gasteiger partial charge in [0.25, 0.3) is 11.8 Å². The maximum absolute atomic E-state index is 12.9. The van der Waals surface area contributed by atoms with Gasteiger partial charge in [0, 0.05) is 18.2 Å². The Hall–Kier alpha value is -3.15. The van der Waals surface area contributed by atoms with Gasteiger partial charge in [-0.25, -0.2) is 0 Å². The third kappa shape index (κ3) is 5.67. The van der Waals surface area contributed by atoms with Gasteiger partial charge in [0.1, 0.15) is 0 Å². The molecule has 2 N–H and O–H groups in total. The van der Waals surface area contributed by atoms with Crippen LogP contribution in [0.25, 0.3) is 0 Å². The molecule has 0 bridgehead atoms. The molecule has 0 aromatic heterocycles. The molecule has 0 radical (unpaired) electrons. The highest BCUT2D eigenvalue weighted by Gasteiger charge is 2.21. The van der Waals surface area contributed by atoms with Gasteiger partial charge >= 0.3 is 0 Å². The number of anilines is 1. The van der Waals surface area contributed by atoms with Crippen molar-refractivity contribution in [3.05, 3.63) is 65.7 Å². The molecular weight excluding hydrogens is 342 g/mol. The summed E-state index contributed by atoms with van der Waals surface area (Å²) in [6.45, 7) is 5.89. The van der Waals surface area contributed by atoms with Gasteiger partial charge in [-0.3, -0.25) is 14.4 Å². The first-order valence-electron chi connectivity index (χ1n) is 8.96. The molecule has 6 heteroatoms. The molecule has 2 rings (SSSR count). The molecule has 0 spiro atoms. The molecule has 6 nitrogen and oxygen atoms in total. The van der Waals surface area contributed by atoms with Crippen LogP contribution in [-0.2, 0) is 4.79 Å². The molecule has 2 aromatic carbocycles. The monoisotopic (exact) mass is 367 g/mol. The highest BCUT2D eigenvalue weighted by Crippen LogP contribution is 2.18. The van der Waals surface area contributed by atoms with Crippen molar-refractivity contribution in [2.75, 3.05) is 18.4 Å². The second kappa shape index (κ2) is 9.52. The maximum atomic E-state index is 12.9. The first kappa shape index (κ1) is 20.2. The topological polar surface area (TPSA) is 78.5 Å². The lowest BCUT2D eigenvalue weighted by atomic mass is 10.1. The van der Waals surface area contributed by atoms with Crippen LogP contribution in [0.3, 0.4) is 0 Å². The van der Waals surface area contributed by atoms with Crippen LogP contribution in [0.1, 0.15) is 41.5 Å². The van der Waals surface area contributed by atoms with Crippen molar-refractivity contribution in [1.29, 1.82) is 0 Å². The van der Waals surface area contributed by atoms with E-state index in [1.165, 1.54) is 4.90 Å². The van der Waals surface area contributed by atoms with E-state index in [1.54, 1.807) is 48.5 Å². The fourth-order valence-electron chi connectivity index (χ4n) is 2.60. The van der Waals surface area contributed by atoms with Crippen molar-refractivity contribution in [2.24, 2.45) is 0 Å². The zero-order valence-corrected chi connectivity index (χ0v) is 15.9. The summed E-state index contributed by atoms with van der Waals surface area (Å²) in [4.78, 5) is 38.8. The van der Waals surface area contributed by atoms with E-state index < -0.39 is 0 Å². The highest BCUT2D eigenvalue weighted by atomic mass is 16.2. The van der Waals surface area contributed by atoms with Crippen LogP contribution in [0.2, 0.25) is 0 Å². The predicted octanol–water partition coefficient (Wildman–Crippen LogP) is 2.93. The Balaban J connectivity index is 2.18. The number of para-hydroxylation sites is 1. The number of nitrogens with one attached hydrogen (secondary N) is 2. The van der Waals surface area contributed by atoms with E-state index in [4.69, 9.17) is 0 Å². The average Bonchev–Trinajstić information content (AvgIpc) is 2.66. The quantitative estimate of drug-likeness (QED) is 0.790. The summed E-state index contributed by atoms with van der Waals surface area (Å²) < 4.78 is 0. The fourth-order valence-corrected chi connectivity index (χ4v) is 2.60. The van der Waals surface area contributed by atoms with Crippen molar-refractivity contribution in [1.82, 2.24) is 10.2 Å². The van der Waals surface area contributed by atoms with Crippen LogP contribution >= 0.6 is 0 Å². The first-order chi connectivity index (χ1) is 12.9. The molecule has 142 valence electrons. The van der Waals surface area contributed by atoms with E-state index >= 15 is 0 Å². The van der Waals surface area contributed by atoms with E-state index in [1.807, 2.05) is 26.8 Å². The largest absolute Gasteiger partial charge is 0.352 e. The minimum atomic E-state index is -0.305. The maximum Gasteiger partial charge on any atom is 0.256 e. The zero-order valence-electron chi connectivity index (χ0n) is 15.9. The van der Waals surface area contributed by atoms with E-state index in [0.29, 0.717) is 23.4 Å². The summed E-state index contributed by atoms with van der Waals surface area (Å²) in [6.07, 6.45) is 0. The van der Waals surface area contributed by atoms with E-state index in [9.17, 15) is 14.4 Å². The molecule has 0 unspecified atom stereocenters. The van der Waals surface area contributed by atoms with Gasteiger partial charge in [-0.15, -0.1) is 0 Å². The number of hydrogen-bond donors (Lipinski definition) is 2. The van der Waals surface area contributed by atoms with Gasteiger partial charge in [-0.2, -0.15) is 0 Å². The van der Waals surface area contributed by atoms with E-state index in [0.717, 1.165) is 0 Å². The summed E-state index contributed by atoms with van der Waals surface area (Å²) in [6, 6.07) is 15.6. The van der Waals surface area contributed by atoms with E-state index in [2.05, 4.69) is 10.6 Å². The summed E-state index contributed by atoms with van der Waals surface area (Å²) in [5.74, 6) is -0.817. The molecule has 0 atom stereocenters. The Morgan fingerprint density at radius 3 is 2.22 bits per heavy atom. The van der Waals surface area contributed by atoms with Crippen LogP contribution in [0.5, 0.6) is 0 Å². The van der Waals surface area contributed by atoms with Crippen LogP contribution < -0.4 is 10.6 Å². The number of likely N-dealkylation sites (N-methyl/N-ethyl adjacent to an activating group) is 1. The third-order valence-electron chi connectivity index (χ3n) is 3.89. The molecule has 0 heterocycles. The van der Waals surface area contributed by atoms with Crippen molar-refractivity contribution in [2.45, 2.75) is 26.8 Å². The zero-order chi connectivity index (χ0) is 19.8. The molecule has 0 aliphatic carbocycles. The number of carbonyl (C=O) groups excluding carboxylic acids is 3. The number of carbonyl (C=O) groups is 3. The van der Waals surface area contributed by atoms with Crippen LogP contribution in [-0.4, -0.2) is 41.8 Å². The molecule has 0 saturated carbocycles. The molecule has 27 heavy (non-hydrogen) atoms. The molecule has 0 saturated heterocycles. The molecule has 0 aliphatic rings. The van der Waals surface area contributed by atoms with Gasteiger partial charge < -0.3 is 15.5 Å². The third-order valence-corrected chi connectivity index (χ3v) is 3.89. The van der Waals surface area contributed by atoms with Crippen molar-refractivity contribution in [3.63, 3.8) is 0 Å². The number of hydrogen-bond acceptors (Lipinski definition) is 3. The molecule has 3 amide bonds. The number of benzene rings is 2. The molecular formula is C21H25N3O3. The van der Waals surface area contributed by atoms with Gasteiger partial charge in [0.05, 0.1) is 17.8 Å². The smallest absolute Gasteiger partial charge is 0.256 e. The highest BCUT2D eigenvalue weighted by molar-refractivity contribution is 6.09. The first-order valence-corrected chi connectivity index (χ1v) is 8.96. The van der Waals surface area contributed by atoms with Gasteiger partial charge in [0.15, 0.2) is 0 Å². The van der Waals surface area contributed by atoms with E-state index in [-0.39, 0.29) is 30.3 Å². The Kier molecular flexibility index (Phi) is 7.11. The number of nitrogens with zero attached hydrogens (tertiary/aromatic N) is 1. The van der Waals surface area contributed by atoms with Crippen LogP contribution in [0.4, 0.5) is 5.69 Å². The molecule has 2 aromatic rings. The van der Waals surface area contributed by atoms with Gasteiger partial charge in [-0.05, 0) is 45.0 Å². The minimum Gasteiger partial charge on any atom is -0.352 e. The Labute approximate surface area is 159 Å². The Morgan fingerprint density at radius 2 is 1.59 bits per heavy atom. The molecule has 0 fully saturated rings. The lowest BCUT2D eigenvalue weighted by Crippen LogP contribution is -2.42. The van der Waals surface area contributed by atoms with Gasteiger partial charge in [0.2, 0.25) is 5.91 Å². The second-order valence-electron chi connectivity index (χ2n) is 6.41. The van der Waals surface area contributed by atoms with Crippen LogP contribution in [0, 0.1) is 0 Å². The standard InChI is InChI=1S/C21H25N3O3/c1-4-24(14-19(25)22-15(2)3)21(27)17-12-8-9-13-18(17)23-20(26)16-10-6-5-7-11-16/h5-13,15H,4,14H2,1-3H3,(H,22,25)(H,23,26). The fraction of sp³-hybridized carbons (Fsp3) is 0.286. The Bertz CT molecular complexity index is 803.